The molecule has 0 bridgehead atoms. The van der Waals surface area contributed by atoms with Crippen molar-refractivity contribution in [3.05, 3.63) is 18.4 Å². The molecule has 0 atom stereocenters. The molecule has 1 amide bonds. The predicted octanol–water partition coefficient (Wildman–Crippen LogP) is 2.93. The van der Waals surface area contributed by atoms with E-state index >= 15 is 0 Å². The summed E-state index contributed by atoms with van der Waals surface area (Å²) in [6, 6.07) is 3.60. The third kappa shape index (κ3) is 3.13. The number of furan rings is 1. The van der Waals surface area contributed by atoms with Crippen molar-refractivity contribution in [2.45, 2.75) is 26.2 Å². The van der Waals surface area contributed by atoms with Crippen LogP contribution >= 0.6 is 11.3 Å². The monoisotopic (exact) mass is 251 g/mol. The number of aromatic nitrogens is 2. The lowest BCUT2D eigenvalue weighted by Gasteiger charge is -1.98. The molecular formula is C11H13N3O2S. The standard InChI is InChI=1S/C11H13N3O2S/c1-2-3-6-9(15)12-11-14-13-10(17-11)8-5-4-7-16-8/h4-5,7H,2-3,6H2,1H3,(H,12,14,15). The SMILES string of the molecule is CCCCC(=O)Nc1nnc(-c2ccco2)s1. The molecule has 2 rings (SSSR count). The molecule has 6 heteroatoms. The van der Waals surface area contributed by atoms with Crippen LogP contribution in [-0.2, 0) is 4.79 Å². The third-order valence-electron chi connectivity index (χ3n) is 2.16. The summed E-state index contributed by atoms with van der Waals surface area (Å²) in [5.74, 6) is 0.644. The molecule has 0 aliphatic heterocycles. The second-order valence-electron chi connectivity index (χ2n) is 3.54. The second-order valence-corrected chi connectivity index (χ2v) is 4.52. The molecule has 0 aromatic carbocycles. The summed E-state index contributed by atoms with van der Waals surface area (Å²) in [6.07, 6.45) is 3.99. The van der Waals surface area contributed by atoms with E-state index in [0.29, 0.717) is 22.3 Å². The van der Waals surface area contributed by atoms with Gasteiger partial charge in [-0.05, 0) is 18.6 Å². The van der Waals surface area contributed by atoms with E-state index in [1.165, 1.54) is 11.3 Å². The molecule has 2 heterocycles. The van der Waals surface area contributed by atoms with E-state index in [1.807, 2.05) is 13.0 Å². The van der Waals surface area contributed by atoms with Crippen molar-refractivity contribution in [3.63, 3.8) is 0 Å². The van der Waals surface area contributed by atoms with Gasteiger partial charge < -0.3 is 9.73 Å². The molecule has 0 fully saturated rings. The molecule has 0 unspecified atom stereocenters. The third-order valence-corrected chi connectivity index (χ3v) is 3.01. The minimum Gasteiger partial charge on any atom is -0.462 e. The van der Waals surface area contributed by atoms with Crippen LogP contribution in [0.1, 0.15) is 26.2 Å². The number of anilines is 1. The lowest BCUT2D eigenvalue weighted by atomic mass is 10.2. The molecule has 90 valence electrons. The highest BCUT2D eigenvalue weighted by atomic mass is 32.1. The van der Waals surface area contributed by atoms with E-state index < -0.39 is 0 Å². The summed E-state index contributed by atoms with van der Waals surface area (Å²) in [6.45, 7) is 2.05. The van der Waals surface area contributed by atoms with Gasteiger partial charge >= 0.3 is 0 Å². The molecule has 5 nitrogen and oxygen atoms in total. The van der Waals surface area contributed by atoms with Crippen LogP contribution in [0.2, 0.25) is 0 Å². The fraction of sp³-hybridized carbons (Fsp3) is 0.364. The number of nitrogens with one attached hydrogen (secondary N) is 1. The summed E-state index contributed by atoms with van der Waals surface area (Å²) in [4.78, 5) is 11.5. The summed E-state index contributed by atoms with van der Waals surface area (Å²) < 4.78 is 5.20. The van der Waals surface area contributed by atoms with Crippen LogP contribution in [0.4, 0.5) is 5.13 Å². The Morgan fingerprint density at radius 1 is 1.53 bits per heavy atom. The Morgan fingerprint density at radius 2 is 2.41 bits per heavy atom. The molecule has 0 saturated heterocycles. The summed E-state index contributed by atoms with van der Waals surface area (Å²) in [5.41, 5.74) is 0. The van der Waals surface area contributed by atoms with Gasteiger partial charge in [0.15, 0.2) is 10.8 Å². The molecule has 0 spiro atoms. The first-order valence-corrected chi connectivity index (χ1v) is 6.28. The van der Waals surface area contributed by atoms with Crippen LogP contribution in [0.25, 0.3) is 10.8 Å². The van der Waals surface area contributed by atoms with E-state index in [9.17, 15) is 4.79 Å². The minimum absolute atomic E-state index is 0.0194. The first kappa shape index (κ1) is 11.8. The highest BCUT2D eigenvalue weighted by Gasteiger charge is 2.10. The van der Waals surface area contributed by atoms with Crippen molar-refractivity contribution >= 4 is 22.4 Å². The van der Waals surface area contributed by atoms with Gasteiger partial charge in [0.25, 0.3) is 0 Å². The van der Waals surface area contributed by atoms with Gasteiger partial charge in [0.05, 0.1) is 6.26 Å². The van der Waals surface area contributed by atoms with Gasteiger partial charge in [0.2, 0.25) is 11.0 Å². The maximum Gasteiger partial charge on any atom is 0.226 e. The Hall–Kier alpha value is -1.69. The van der Waals surface area contributed by atoms with E-state index in [4.69, 9.17) is 4.42 Å². The number of unbranched alkanes of at least 4 members (excludes halogenated alkanes) is 1. The predicted molar refractivity (Wildman–Crippen MR) is 65.8 cm³/mol. The number of carbonyl (C=O) groups excluding carboxylic acids is 1. The molecule has 0 radical (unpaired) electrons. The molecule has 0 saturated carbocycles. The number of rotatable bonds is 5. The van der Waals surface area contributed by atoms with Gasteiger partial charge in [-0.3, -0.25) is 4.79 Å². The topological polar surface area (TPSA) is 68.0 Å². The molecule has 1 N–H and O–H groups in total. The minimum atomic E-state index is -0.0194. The van der Waals surface area contributed by atoms with E-state index in [-0.39, 0.29) is 5.91 Å². The van der Waals surface area contributed by atoms with E-state index in [2.05, 4.69) is 15.5 Å². The van der Waals surface area contributed by atoms with Crippen LogP contribution in [0.3, 0.4) is 0 Å². The summed E-state index contributed by atoms with van der Waals surface area (Å²) >= 11 is 1.30. The summed E-state index contributed by atoms with van der Waals surface area (Å²) in [5, 5.41) is 11.8. The van der Waals surface area contributed by atoms with Gasteiger partial charge in [0.1, 0.15) is 0 Å². The molecule has 0 aliphatic rings. The number of nitrogens with zero attached hydrogens (tertiary/aromatic N) is 2. The first-order valence-electron chi connectivity index (χ1n) is 5.47. The zero-order valence-electron chi connectivity index (χ0n) is 9.47. The molecular weight excluding hydrogens is 238 g/mol. The number of hydrogen-bond donors (Lipinski definition) is 1. The Morgan fingerprint density at radius 3 is 3.12 bits per heavy atom. The van der Waals surface area contributed by atoms with E-state index in [1.54, 1.807) is 12.3 Å². The average Bonchev–Trinajstić information content (AvgIpc) is 2.95. The van der Waals surface area contributed by atoms with Crippen molar-refractivity contribution in [3.8, 4) is 10.8 Å². The highest BCUT2D eigenvalue weighted by molar-refractivity contribution is 7.18. The molecule has 17 heavy (non-hydrogen) atoms. The zero-order valence-corrected chi connectivity index (χ0v) is 10.3. The summed E-state index contributed by atoms with van der Waals surface area (Å²) in [7, 11) is 0. The van der Waals surface area contributed by atoms with Gasteiger partial charge in [0, 0.05) is 6.42 Å². The zero-order chi connectivity index (χ0) is 12.1. The molecule has 2 aromatic heterocycles. The molecule has 0 aliphatic carbocycles. The molecule has 2 aromatic rings. The van der Waals surface area contributed by atoms with Crippen molar-refractivity contribution in [2.24, 2.45) is 0 Å². The quantitative estimate of drug-likeness (QED) is 0.887. The Kier molecular flexibility index (Phi) is 3.87. The second kappa shape index (κ2) is 5.58. The van der Waals surface area contributed by atoms with Crippen molar-refractivity contribution in [2.75, 3.05) is 5.32 Å². The Bertz CT molecular complexity index is 479. The number of carbonyl (C=O) groups is 1. The van der Waals surface area contributed by atoms with Crippen LogP contribution in [0.5, 0.6) is 0 Å². The van der Waals surface area contributed by atoms with Gasteiger partial charge in [-0.1, -0.05) is 24.7 Å². The number of hydrogen-bond acceptors (Lipinski definition) is 5. The van der Waals surface area contributed by atoms with Crippen LogP contribution < -0.4 is 5.32 Å². The van der Waals surface area contributed by atoms with Gasteiger partial charge in [-0.25, -0.2) is 0 Å². The Balaban J connectivity index is 1.97. The average molecular weight is 251 g/mol. The normalized spacial score (nSPS) is 10.4. The van der Waals surface area contributed by atoms with Crippen molar-refractivity contribution < 1.29 is 9.21 Å². The van der Waals surface area contributed by atoms with E-state index in [0.717, 1.165) is 12.8 Å². The largest absolute Gasteiger partial charge is 0.462 e. The maximum atomic E-state index is 11.5. The fourth-order valence-electron chi connectivity index (χ4n) is 1.29. The van der Waals surface area contributed by atoms with Crippen LogP contribution in [0.15, 0.2) is 22.8 Å². The lowest BCUT2D eigenvalue weighted by molar-refractivity contribution is -0.116. The van der Waals surface area contributed by atoms with Gasteiger partial charge in [-0.15, -0.1) is 10.2 Å². The van der Waals surface area contributed by atoms with Crippen LogP contribution in [-0.4, -0.2) is 16.1 Å². The Labute approximate surface area is 103 Å². The van der Waals surface area contributed by atoms with Crippen LogP contribution in [0, 0.1) is 0 Å². The first-order chi connectivity index (χ1) is 8.29. The number of amides is 1. The van der Waals surface area contributed by atoms with Crippen molar-refractivity contribution in [1.29, 1.82) is 0 Å². The smallest absolute Gasteiger partial charge is 0.226 e. The lowest BCUT2D eigenvalue weighted by Crippen LogP contribution is -2.10. The maximum absolute atomic E-state index is 11.5. The van der Waals surface area contributed by atoms with Crippen molar-refractivity contribution in [1.82, 2.24) is 10.2 Å². The highest BCUT2D eigenvalue weighted by Crippen LogP contribution is 2.26. The van der Waals surface area contributed by atoms with Gasteiger partial charge in [-0.2, -0.15) is 0 Å². The fourth-order valence-corrected chi connectivity index (χ4v) is 2.02.